The molecule has 52 heteroatoms. The van der Waals surface area contributed by atoms with Crippen LogP contribution in [-0.4, -0.2) is 393 Å². The van der Waals surface area contributed by atoms with Gasteiger partial charge in [0.2, 0.25) is 0 Å². The number of cyclic esters (lactones) is 1. The van der Waals surface area contributed by atoms with Crippen LogP contribution in [0.15, 0.2) is 85.1 Å². The number of carbonyl (C=O) groups is 24. The zero-order valence-electron chi connectivity index (χ0n) is 72.3. The van der Waals surface area contributed by atoms with E-state index in [-0.39, 0.29) is 51.1 Å². The van der Waals surface area contributed by atoms with Crippen LogP contribution in [0.2, 0.25) is 0 Å². The fraction of sp³-hybridized carbons (Fsp3) is 0.493. The second-order valence-electron chi connectivity index (χ2n) is 22.7. The molecule has 0 unspecified atom stereocenters. The van der Waals surface area contributed by atoms with Crippen LogP contribution < -0.4 is 16.0 Å². The first-order valence-electron chi connectivity index (χ1n) is 36.1. The lowest BCUT2D eigenvalue weighted by Gasteiger charge is -2.26. The Bertz CT molecular complexity index is 3790. The molecule has 0 aromatic rings. The van der Waals surface area contributed by atoms with Gasteiger partial charge in [0, 0.05) is 152 Å². The number of esters is 15. The first kappa shape index (κ1) is 121. The number of methoxy groups -OCH3 is 11. The van der Waals surface area contributed by atoms with Gasteiger partial charge in [-0.2, -0.15) is 0 Å². The number of rotatable bonds is 41. The van der Waals surface area contributed by atoms with Crippen LogP contribution in [0.3, 0.4) is 0 Å². The molecule has 0 saturated carbocycles. The van der Waals surface area contributed by atoms with Gasteiger partial charge >= 0.3 is 102 Å². The number of hydroxylamine groups is 2. The van der Waals surface area contributed by atoms with Crippen molar-refractivity contribution in [1.29, 1.82) is 0 Å². The molecule has 127 heavy (non-hydrogen) atoms. The number of hydrogen-bond donors (Lipinski definition) is 3. The smallest absolute Gasteiger partial charge is 0.416 e. The van der Waals surface area contributed by atoms with Gasteiger partial charge in [-0.05, 0) is 33.4 Å². The van der Waals surface area contributed by atoms with Crippen molar-refractivity contribution < 1.29 is 210 Å². The maximum Gasteiger partial charge on any atom is 0.416 e. The highest BCUT2D eigenvalue weighted by Gasteiger charge is 2.29. The van der Waals surface area contributed by atoms with Crippen LogP contribution in [0.4, 0.5) is 9.59 Å². The standard InChI is InChI=1S/C13H21NO7.C12H17NO5.C11H18N2O5.C11H15NO7.C10H11NO7.C9H11NO7.C9H13NO6/c1-18-8-6-14(7-9-19-2)11(15)10-21-13(17)5-4-12(16)20-3;1-17-11(15)5-6-12(16)18-9-10(14)13-7-3-2-4-8-13;1-13(2)7-6-12-9(14)8-18-11(16)5-4-10(15)17-3;1-17-9(14)3-4-11(16)19-7-8(13)12-6-5-10(15)18-2;1-16-8(13)2-3-9(14)18-6-7(12)11-4-5-17-10(11)15;1-15-7(12)3-4-8(13)17-5-6(11)10-9(14)16-2;1-10(15-3)7(11)6-16-9(13)5-4-8(12)14-2/h4-5H,6-10H2,1-3H3;5-6H,2-4,7-9H2,1H3;4-5H,6-8H2,1-3H3,(H,12,14);3-4H,5-7H2,1-2H3,(H,12,13);2-3H,4-6H2,1H3;3-4H,5H2,1-2H3,(H,10,11,14);4-5H,6H2,1-3H3/b5-4+;6-5+;5-4+;4-3+;3-2+;4-3+;5-4+. The number of nitrogens with zero attached hydrogens (tertiary/aromatic N) is 5. The minimum Gasteiger partial charge on any atom is -0.469 e. The maximum absolute atomic E-state index is 11.9. The maximum atomic E-state index is 11.9. The molecule has 2 rings (SSSR count). The van der Waals surface area contributed by atoms with Gasteiger partial charge in [0.15, 0.2) is 46.2 Å². The molecule has 710 valence electrons. The predicted octanol–water partition coefficient (Wildman–Crippen LogP) is -4.82. The molecule has 2 heterocycles. The summed E-state index contributed by atoms with van der Waals surface area (Å²) >= 11 is 0. The van der Waals surface area contributed by atoms with E-state index in [1.54, 1.807) is 10.2 Å². The quantitative estimate of drug-likeness (QED) is 0.0224. The van der Waals surface area contributed by atoms with Gasteiger partial charge in [-0.25, -0.2) is 86.7 Å². The molecule has 2 aliphatic rings. The first-order valence-corrected chi connectivity index (χ1v) is 36.1. The third kappa shape index (κ3) is 74.8. The highest BCUT2D eigenvalue weighted by molar-refractivity contribution is 5.99. The van der Waals surface area contributed by atoms with E-state index in [0.29, 0.717) is 52.5 Å². The van der Waals surface area contributed by atoms with Crippen LogP contribution in [-0.2, 0) is 200 Å². The van der Waals surface area contributed by atoms with Crippen LogP contribution >= 0.6 is 0 Å². The summed E-state index contributed by atoms with van der Waals surface area (Å²) in [6.45, 7) is 1.10. The summed E-state index contributed by atoms with van der Waals surface area (Å²) in [5.74, 6) is -14.7. The van der Waals surface area contributed by atoms with Gasteiger partial charge in [-0.3, -0.25) is 48.5 Å². The Morgan fingerprint density at radius 3 is 0.969 bits per heavy atom. The molecule has 0 aromatic heterocycles. The number of nitrogens with one attached hydrogen (secondary N) is 3. The molecule has 0 aliphatic carbocycles. The molecule has 2 saturated heterocycles. The lowest BCUT2D eigenvalue weighted by atomic mass is 10.1. The van der Waals surface area contributed by atoms with E-state index in [0.717, 1.165) is 143 Å². The summed E-state index contributed by atoms with van der Waals surface area (Å²) in [7, 11) is 20.0. The van der Waals surface area contributed by atoms with Gasteiger partial charge in [-0.1, -0.05) is 0 Å². The van der Waals surface area contributed by atoms with E-state index in [1.807, 2.05) is 19.0 Å². The highest BCUT2D eigenvalue weighted by Crippen LogP contribution is 2.09. The van der Waals surface area contributed by atoms with E-state index in [4.69, 9.17) is 18.9 Å². The number of carbonyl (C=O) groups excluding carboxylic acids is 24. The SMILES string of the molecule is COC(=O)/C=C/C(=O)OCC(=O)N(C)OC.COC(=O)/C=C/C(=O)OCC(=O)N1CCCCC1.COC(=O)/C=C/C(=O)OCC(=O)N1CCOC1=O.COC(=O)/C=C/C(=O)OCC(=O)NC(=O)OC.COC(=O)/C=C/C(=O)OCC(=O)NCCC(=O)OC.COC(=O)/C=C/C(=O)OCC(=O)NCCN(C)C.COCCN(CCOC)C(=O)COC(=O)/C=C/C(=O)OC. The Labute approximate surface area is 726 Å². The zero-order valence-corrected chi connectivity index (χ0v) is 72.3. The van der Waals surface area contributed by atoms with Gasteiger partial charge < -0.3 is 115 Å². The summed E-state index contributed by atoms with van der Waals surface area (Å²) in [5, 5.41) is 7.60. The van der Waals surface area contributed by atoms with E-state index >= 15 is 0 Å². The predicted molar refractivity (Wildman–Crippen MR) is 420 cm³/mol. The van der Waals surface area contributed by atoms with Gasteiger partial charge in [0.25, 0.3) is 41.4 Å². The minimum atomic E-state index is -0.962. The average molecular weight is 1820 g/mol. The van der Waals surface area contributed by atoms with Crippen molar-refractivity contribution >= 4 is 143 Å². The second kappa shape index (κ2) is 78.5. The number of ether oxygens (including phenoxy) is 19. The lowest BCUT2D eigenvalue weighted by Crippen LogP contribution is -2.39. The van der Waals surface area contributed by atoms with E-state index < -0.39 is 164 Å². The molecular weight excluding hydrogens is 1720 g/mol. The molecule has 2 aliphatic heterocycles. The molecule has 2 fully saturated rings. The number of likely N-dealkylation sites (N-methyl/N-ethyl adjacent to an activating group) is 2. The number of hydrogen-bond acceptors (Lipinski definition) is 45. The first-order chi connectivity index (χ1) is 60.2. The Morgan fingerprint density at radius 1 is 0.346 bits per heavy atom. The van der Waals surface area contributed by atoms with Crippen molar-refractivity contribution in [2.45, 2.75) is 25.7 Å². The zero-order chi connectivity index (χ0) is 97.5. The molecule has 0 spiro atoms. The minimum absolute atomic E-state index is 0.0262. The molecule has 3 N–H and O–H groups in total. The largest absolute Gasteiger partial charge is 0.469 e. The number of likely N-dealkylation sites (tertiary alicyclic amines) is 1. The molecular formula is C75H106N8O44. The van der Waals surface area contributed by atoms with Crippen LogP contribution in [0, 0.1) is 0 Å². The van der Waals surface area contributed by atoms with Crippen molar-refractivity contribution in [2.24, 2.45) is 0 Å². The van der Waals surface area contributed by atoms with Crippen LogP contribution in [0.25, 0.3) is 0 Å². The summed E-state index contributed by atoms with van der Waals surface area (Å²) in [5.41, 5.74) is 0. The Kier molecular flexibility index (Phi) is 74.7. The van der Waals surface area contributed by atoms with Crippen molar-refractivity contribution in [3.63, 3.8) is 0 Å². The Balaban J connectivity index is -0.000000456. The number of piperidine rings is 1. The molecule has 9 amide bonds. The Hall–Kier alpha value is -14.7. The highest BCUT2D eigenvalue weighted by atomic mass is 16.7. The molecule has 0 radical (unpaired) electrons. The topological polar surface area (TPSA) is 647 Å². The van der Waals surface area contributed by atoms with E-state index in [1.165, 1.54) is 68.8 Å². The van der Waals surface area contributed by atoms with Crippen molar-refractivity contribution in [3.05, 3.63) is 85.1 Å². The monoisotopic (exact) mass is 1820 g/mol. The lowest BCUT2D eigenvalue weighted by molar-refractivity contribution is -0.175. The van der Waals surface area contributed by atoms with Crippen LogP contribution in [0.5, 0.6) is 0 Å². The summed E-state index contributed by atoms with van der Waals surface area (Å²) < 4.78 is 84.7. The summed E-state index contributed by atoms with van der Waals surface area (Å²) in [4.78, 5) is 274. The summed E-state index contributed by atoms with van der Waals surface area (Å²) in [6, 6.07) is 0. The number of alkyl carbamates (subject to hydrolysis) is 1. The normalized spacial score (nSPS) is 11.4. The van der Waals surface area contributed by atoms with E-state index in [2.05, 4.69) is 86.5 Å². The second-order valence-corrected chi connectivity index (χ2v) is 22.7. The fourth-order valence-electron chi connectivity index (χ4n) is 6.82. The third-order valence-corrected chi connectivity index (χ3v) is 13.4. The van der Waals surface area contributed by atoms with E-state index in [9.17, 15) is 115 Å². The molecule has 52 nitrogen and oxygen atoms in total. The van der Waals surface area contributed by atoms with Gasteiger partial charge in [0.1, 0.15) is 6.61 Å². The van der Waals surface area contributed by atoms with Crippen molar-refractivity contribution in [1.82, 2.24) is 40.6 Å². The van der Waals surface area contributed by atoms with Crippen LogP contribution in [0.1, 0.15) is 25.7 Å². The van der Waals surface area contributed by atoms with Crippen molar-refractivity contribution in [3.8, 4) is 0 Å². The van der Waals surface area contributed by atoms with Crippen molar-refractivity contribution in [2.75, 3.05) is 225 Å². The number of imide groups is 2. The molecule has 0 bridgehead atoms. The molecule has 0 atom stereocenters. The molecule has 0 aromatic carbocycles. The fourth-order valence-corrected chi connectivity index (χ4v) is 6.82. The van der Waals surface area contributed by atoms with Gasteiger partial charge in [-0.15, -0.1) is 0 Å². The third-order valence-electron chi connectivity index (χ3n) is 13.4. The Morgan fingerprint density at radius 2 is 0.661 bits per heavy atom. The van der Waals surface area contributed by atoms with Gasteiger partial charge in [0.05, 0.1) is 97.3 Å². The number of amides is 9. The summed E-state index contributed by atoms with van der Waals surface area (Å²) in [6.07, 6.45) is 13.7. The average Bonchev–Trinajstić information content (AvgIpc) is 1.76.